The number of pyridine rings is 1. The van der Waals surface area contributed by atoms with E-state index < -0.39 is 0 Å². The summed E-state index contributed by atoms with van der Waals surface area (Å²) in [5.41, 5.74) is 2.65. The minimum Gasteiger partial charge on any atom is -0.260 e. The number of hydrogen-bond donors (Lipinski definition) is 0. The largest absolute Gasteiger partial charge is 0.260 e. The quantitative estimate of drug-likeness (QED) is 0.827. The third-order valence-electron chi connectivity index (χ3n) is 2.55. The molecule has 1 aromatic heterocycles. The first-order valence-electron chi connectivity index (χ1n) is 5.38. The lowest BCUT2D eigenvalue weighted by Crippen LogP contribution is -1.97. The summed E-state index contributed by atoms with van der Waals surface area (Å²) in [5, 5.41) is 9.69. The topological polar surface area (TPSA) is 36.7 Å². The van der Waals surface area contributed by atoms with Crippen LogP contribution in [0.5, 0.6) is 0 Å². The summed E-state index contributed by atoms with van der Waals surface area (Å²) in [5.74, 6) is 0. The van der Waals surface area contributed by atoms with Crippen LogP contribution in [0, 0.1) is 11.3 Å². The highest BCUT2D eigenvalue weighted by Crippen LogP contribution is 2.13. The molecule has 2 rings (SSSR count). The van der Waals surface area contributed by atoms with Crippen molar-refractivity contribution in [2.45, 2.75) is 12.8 Å². The van der Waals surface area contributed by atoms with E-state index in [2.05, 4.69) is 11.1 Å². The lowest BCUT2D eigenvalue weighted by atomic mass is 10.1. The molecule has 0 fully saturated rings. The second-order valence-corrected chi connectivity index (χ2v) is 4.18. The van der Waals surface area contributed by atoms with E-state index in [4.69, 9.17) is 16.9 Å². The summed E-state index contributed by atoms with van der Waals surface area (Å²) < 4.78 is 0. The van der Waals surface area contributed by atoms with Crippen molar-refractivity contribution < 1.29 is 0 Å². The van der Waals surface area contributed by atoms with Crippen LogP contribution in [-0.2, 0) is 12.8 Å². The predicted octanol–water partition coefficient (Wildman–Crippen LogP) is 3.39. The molecule has 1 heterocycles. The van der Waals surface area contributed by atoms with Crippen LogP contribution in [0.25, 0.3) is 0 Å². The third kappa shape index (κ3) is 3.05. The van der Waals surface area contributed by atoms with Crippen molar-refractivity contribution in [2.24, 2.45) is 0 Å². The second-order valence-electron chi connectivity index (χ2n) is 3.74. The van der Waals surface area contributed by atoms with Crippen molar-refractivity contribution in [3.63, 3.8) is 0 Å². The number of halogens is 1. The Labute approximate surface area is 105 Å². The molecule has 3 heteroatoms. The van der Waals surface area contributed by atoms with Crippen molar-refractivity contribution in [2.75, 3.05) is 0 Å². The van der Waals surface area contributed by atoms with E-state index in [1.54, 1.807) is 18.3 Å². The van der Waals surface area contributed by atoms with Gasteiger partial charge < -0.3 is 0 Å². The molecule has 1 aromatic carbocycles. The summed E-state index contributed by atoms with van der Waals surface area (Å²) in [6, 6.07) is 13.5. The Morgan fingerprint density at radius 3 is 2.82 bits per heavy atom. The van der Waals surface area contributed by atoms with Gasteiger partial charge in [-0.15, -0.1) is 0 Å². The maximum absolute atomic E-state index is 8.95. The first kappa shape index (κ1) is 11.6. The Morgan fingerprint density at radius 1 is 1.18 bits per heavy atom. The molecule has 0 spiro atoms. The van der Waals surface area contributed by atoms with Gasteiger partial charge in [-0.25, -0.2) is 0 Å². The summed E-state index contributed by atoms with van der Waals surface area (Å²) >= 11 is 5.92. The van der Waals surface area contributed by atoms with Gasteiger partial charge in [-0.2, -0.15) is 5.26 Å². The Kier molecular flexibility index (Phi) is 3.74. The van der Waals surface area contributed by atoms with Crippen LogP contribution in [0.2, 0.25) is 5.02 Å². The van der Waals surface area contributed by atoms with Gasteiger partial charge >= 0.3 is 0 Å². The number of aryl methyl sites for hydroxylation is 2. The molecule has 0 aliphatic carbocycles. The van der Waals surface area contributed by atoms with Gasteiger partial charge in [0.05, 0.1) is 11.3 Å². The van der Waals surface area contributed by atoms with E-state index in [9.17, 15) is 0 Å². The minimum atomic E-state index is 0.648. The zero-order valence-electron chi connectivity index (χ0n) is 9.23. The van der Waals surface area contributed by atoms with Gasteiger partial charge in [0.15, 0.2) is 0 Å². The second kappa shape index (κ2) is 5.47. The molecule has 2 aromatic rings. The lowest BCUT2D eigenvalue weighted by molar-refractivity contribution is 0.908. The van der Waals surface area contributed by atoms with Crippen molar-refractivity contribution in [3.05, 3.63) is 64.4 Å². The highest BCUT2D eigenvalue weighted by atomic mass is 35.5. The summed E-state index contributed by atoms with van der Waals surface area (Å²) in [7, 11) is 0. The molecule has 84 valence electrons. The molecule has 0 amide bonds. The SMILES string of the molecule is N#Cc1cccnc1CCc1cccc(Cl)c1. The molecule has 0 aliphatic rings. The van der Waals surface area contributed by atoms with Gasteiger partial charge in [0, 0.05) is 11.2 Å². The highest BCUT2D eigenvalue weighted by Gasteiger charge is 2.03. The molecular weight excluding hydrogens is 232 g/mol. The molecule has 0 saturated carbocycles. The standard InChI is InChI=1S/C14H11ClN2/c15-13-5-1-3-11(9-13)6-7-14-12(10-16)4-2-8-17-14/h1-5,8-9H,6-7H2. The zero-order chi connectivity index (χ0) is 12.1. The van der Waals surface area contributed by atoms with Crippen molar-refractivity contribution in [1.29, 1.82) is 5.26 Å². The molecule has 0 radical (unpaired) electrons. The fourth-order valence-corrected chi connectivity index (χ4v) is 1.91. The molecule has 0 aliphatic heterocycles. The molecule has 0 atom stereocenters. The van der Waals surface area contributed by atoms with E-state index in [1.165, 1.54) is 0 Å². The van der Waals surface area contributed by atoms with Crippen LogP contribution in [-0.4, -0.2) is 4.98 Å². The number of rotatable bonds is 3. The van der Waals surface area contributed by atoms with Gasteiger partial charge in [0.1, 0.15) is 6.07 Å². The summed E-state index contributed by atoms with van der Waals surface area (Å²) in [4.78, 5) is 4.23. The Morgan fingerprint density at radius 2 is 2.06 bits per heavy atom. The summed E-state index contributed by atoms with van der Waals surface area (Å²) in [6.07, 6.45) is 3.31. The monoisotopic (exact) mass is 242 g/mol. The minimum absolute atomic E-state index is 0.648. The van der Waals surface area contributed by atoms with Gasteiger partial charge in [-0.1, -0.05) is 23.7 Å². The molecule has 2 nitrogen and oxygen atoms in total. The van der Waals surface area contributed by atoms with Crippen LogP contribution in [0.15, 0.2) is 42.6 Å². The van der Waals surface area contributed by atoms with E-state index in [-0.39, 0.29) is 0 Å². The zero-order valence-corrected chi connectivity index (χ0v) is 9.98. The number of hydrogen-bond acceptors (Lipinski definition) is 2. The van der Waals surface area contributed by atoms with Gasteiger partial charge in [0.2, 0.25) is 0 Å². The first-order chi connectivity index (χ1) is 8.29. The number of nitriles is 1. The van der Waals surface area contributed by atoms with Crippen LogP contribution in [0.4, 0.5) is 0 Å². The van der Waals surface area contributed by atoms with E-state index in [0.29, 0.717) is 5.56 Å². The Balaban J connectivity index is 2.10. The van der Waals surface area contributed by atoms with E-state index >= 15 is 0 Å². The third-order valence-corrected chi connectivity index (χ3v) is 2.79. The van der Waals surface area contributed by atoms with Crippen molar-refractivity contribution >= 4 is 11.6 Å². The maximum atomic E-state index is 8.95. The van der Waals surface area contributed by atoms with Gasteiger partial charge in [0.25, 0.3) is 0 Å². The summed E-state index contributed by atoms with van der Waals surface area (Å²) in [6.45, 7) is 0. The average molecular weight is 243 g/mol. The maximum Gasteiger partial charge on any atom is 0.101 e. The first-order valence-corrected chi connectivity index (χ1v) is 5.76. The van der Waals surface area contributed by atoms with Gasteiger partial charge in [-0.3, -0.25) is 4.98 Å². The number of benzene rings is 1. The molecule has 0 saturated heterocycles. The Bertz CT molecular complexity index is 558. The smallest absolute Gasteiger partial charge is 0.101 e. The molecule has 0 N–H and O–H groups in total. The van der Waals surface area contributed by atoms with Crippen LogP contribution in [0.1, 0.15) is 16.8 Å². The lowest BCUT2D eigenvalue weighted by Gasteiger charge is -2.03. The van der Waals surface area contributed by atoms with E-state index in [0.717, 1.165) is 29.1 Å². The normalized spacial score (nSPS) is 9.88. The van der Waals surface area contributed by atoms with Crippen molar-refractivity contribution in [3.8, 4) is 6.07 Å². The molecule has 0 bridgehead atoms. The number of aromatic nitrogens is 1. The van der Waals surface area contributed by atoms with Crippen LogP contribution >= 0.6 is 11.6 Å². The van der Waals surface area contributed by atoms with Gasteiger partial charge in [-0.05, 0) is 42.7 Å². The molecular formula is C14H11ClN2. The molecule has 0 unspecified atom stereocenters. The Hall–Kier alpha value is -1.85. The van der Waals surface area contributed by atoms with Crippen LogP contribution < -0.4 is 0 Å². The number of nitrogens with zero attached hydrogens (tertiary/aromatic N) is 2. The van der Waals surface area contributed by atoms with E-state index in [1.807, 2.05) is 24.3 Å². The fourth-order valence-electron chi connectivity index (χ4n) is 1.69. The molecule has 17 heavy (non-hydrogen) atoms. The van der Waals surface area contributed by atoms with Crippen molar-refractivity contribution in [1.82, 2.24) is 4.98 Å². The van der Waals surface area contributed by atoms with Crippen LogP contribution in [0.3, 0.4) is 0 Å². The predicted molar refractivity (Wildman–Crippen MR) is 67.8 cm³/mol. The average Bonchev–Trinajstić information content (AvgIpc) is 2.37. The highest BCUT2D eigenvalue weighted by molar-refractivity contribution is 6.30. The fraction of sp³-hybridized carbons (Fsp3) is 0.143.